The number of carbonyl (C=O) groups is 1. The van der Waals surface area contributed by atoms with Crippen molar-refractivity contribution >= 4 is 29.5 Å². The monoisotopic (exact) mass is 329 g/mol. The summed E-state index contributed by atoms with van der Waals surface area (Å²) < 4.78 is 1.94. The van der Waals surface area contributed by atoms with Gasteiger partial charge in [0, 0.05) is 30.1 Å². The lowest BCUT2D eigenvalue weighted by molar-refractivity contribution is 0.102. The second kappa shape index (κ2) is 7.81. The summed E-state index contributed by atoms with van der Waals surface area (Å²) in [6.45, 7) is 3.70. The van der Waals surface area contributed by atoms with E-state index in [-0.39, 0.29) is 18.3 Å². The van der Waals surface area contributed by atoms with Crippen LogP contribution in [-0.4, -0.2) is 16.9 Å². The molecule has 0 atom stereocenters. The number of nitrogens with one attached hydrogen (secondary N) is 2. The maximum Gasteiger partial charge on any atom is 0.257 e. The number of aromatic nitrogens is 1. The smallest absolute Gasteiger partial charge is 0.257 e. The third kappa shape index (κ3) is 3.92. The molecule has 0 bridgehead atoms. The van der Waals surface area contributed by atoms with Gasteiger partial charge >= 0.3 is 0 Å². The number of benzene rings is 1. The number of halogens is 1. The van der Waals surface area contributed by atoms with Crippen molar-refractivity contribution in [2.45, 2.75) is 13.5 Å². The Hall–Kier alpha value is -2.30. The lowest BCUT2D eigenvalue weighted by Crippen LogP contribution is -2.16. The summed E-state index contributed by atoms with van der Waals surface area (Å²) in [5.41, 5.74) is 3.60. The molecule has 0 unspecified atom stereocenters. The summed E-state index contributed by atoms with van der Waals surface area (Å²) >= 11 is 0. The minimum Gasteiger partial charge on any atom is -0.323 e. The zero-order valence-electron chi connectivity index (χ0n) is 13.0. The first-order valence-corrected chi connectivity index (χ1v) is 7.44. The lowest BCUT2D eigenvalue weighted by atomic mass is 10.1. The van der Waals surface area contributed by atoms with Crippen LogP contribution in [0.25, 0.3) is 5.52 Å². The fourth-order valence-corrected chi connectivity index (χ4v) is 2.43. The molecule has 3 aromatic rings. The van der Waals surface area contributed by atoms with Gasteiger partial charge in [-0.3, -0.25) is 4.79 Å². The Kier molecular flexibility index (Phi) is 5.79. The molecule has 0 aliphatic heterocycles. The van der Waals surface area contributed by atoms with Crippen molar-refractivity contribution in [3.05, 3.63) is 72.1 Å². The van der Waals surface area contributed by atoms with Crippen LogP contribution in [0.4, 0.5) is 5.69 Å². The fourth-order valence-electron chi connectivity index (χ4n) is 2.43. The highest BCUT2D eigenvalue weighted by molar-refractivity contribution is 6.05. The van der Waals surface area contributed by atoms with Gasteiger partial charge in [0.2, 0.25) is 0 Å². The van der Waals surface area contributed by atoms with Crippen LogP contribution in [0.3, 0.4) is 0 Å². The zero-order valence-corrected chi connectivity index (χ0v) is 13.8. The van der Waals surface area contributed by atoms with Crippen LogP contribution < -0.4 is 10.6 Å². The van der Waals surface area contributed by atoms with Crippen molar-refractivity contribution in [1.29, 1.82) is 0 Å². The molecule has 0 radical (unpaired) electrons. The van der Waals surface area contributed by atoms with Gasteiger partial charge in [-0.15, -0.1) is 12.4 Å². The number of anilines is 1. The molecule has 2 N–H and O–H groups in total. The van der Waals surface area contributed by atoms with E-state index < -0.39 is 0 Å². The molecule has 2 heterocycles. The molecule has 0 saturated heterocycles. The number of nitrogens with zero attached hydrogens (tertiary/aromatic N) is 1. The van der Waals surface area contributed by atoms with E-state index in [1.165, 1.54) is 0 Å². The number of rotatable bonds is 5. The van der Waals surface area contributed by atoms with E-state index in [9.17, 15) is 4.79 Å². The second-order valence-corrected chi connectivity index (χ2v) is 5.15. The van der Waals surface area contributed by atoms with Crippen molar-refractivity contribution < 1.29 is 4.79 Å². The molecule has 0 saturated carbocycles. The predicted molar refractivity (Wildman–Crippen MR) is 96.4 cm³/mol. The normalized spacial score (nSPS) is 10.3. The highest BCUT2D eigenvalue weighted by atomic mass is 35.5. The first-order valence-electron chi connectivity index (χ1n) is 7.44. The van der Waals surface area contributed by atoms with E-state index in [1.807, 2.05) is 65.3 Å². The molecule has 23 heavy (non-hydrogen) atoms. The summed E-state index contributed by atoms with van der Waals surface area (Å²) in [4.78, 5) is 12.5. The number of hydrogen-bond acceptors (Lipinski definition) is 2. The lowest BCUT2D eigenvalue weighted by Gasteiger charge is -2.10. The second-order valence-electron chi connectivity index (χ2n) is 5.15. The molecule has 120 valence electrons. The van der Waals surface area contributed by atoms with Crippen LogP contribution in [-0.2, 0) is 6.54 Å². The fraction of sp³-hybridized carbons (Fsp3) is 0.167. The van der Waals surface area contributed by atoms with Crippen LogP contribution in [0.15, 0.2) is 60.9 Å². The summed E-state index contributed by atoms with van der Waals surface area (Å²) in [5, 5.41) is 6.29. The van der Waals surface area contributed by atoms with Gasteiger partial charge in [-0.2, -0.15) is 0 Å². The van der Waals surface area contributed by atoms with E-state index in [4.69, 9.17) is 0 Å². The molecule has 0 aliphatic rings. The topological polar surface area (TPSA) is 45.5 Å². The first-order chi connectivity index (χ1) is 10.8. The Morgan fingerprint density at radius 1 is 1.13 bits per heavy atom. The number of hydrogen-bond donors (Lipinski definition) is 2. The van der Waals surface area contributed by atoms with Gasteiger partial charge in [0.15, 0.2) is 0 Å². The van der Waals surface area contributed by atoms with Crippen molar-refractivity contribution in [3.63, 3.8) is 0 Å². The van der Waals surface area contributed by atoms with Gasteiger partial charge in [0.1, 0.15) is 0 Å². The molecule has 0 fully saturated rings. The standard InChI is InChI=1S/C18H19N3O.ClH/c1-2-19-12-14-7-3-4-9-17(14)20-18(22)15-11-16-8-5-6-10-21(16)13-15;/h3-11,13,19H,2,12H2,1H3,(H,20,22);1H. The van der Waals surface area contributed by atoms with Crippen LogP contribution in [0.1, 0.15) is 22.8 Å². The molecule has 2 aromatic heterocycles. The Labute approximate surface area is 141 Å². The largest absolute Gasteiger partial charge is 0.323 e. The highest BCUT2D eigenvalue weighted by Gasteiger charge is 2.10. The first kappa shape index (κ1) is 17.1. The van der Waals surface area contributed by atoms with Crippen molar-refractivity contribution in [2.75, 3.05) is 11.9 Å². The summed E-state index contributed by atoms with van der Waals surface area (Å²) in [6.07, 6.45) is 3.78. The molecule has 4 nitrogen and oxygen atoms in total. The maximum absolute atomic E-state index is 12.5. The van der Waals surface area contributed by atoms with Crippen LogP contribution >= 0.6 is 12.4 Å². The van der Waals surface area contributed by atoms with Gasteiger partial charge in [0.05, 0.1) is 5.56 Å². The summed E-state index contributed by atoms with van der Waals surface area (Å²) in [7, 11) is 0. The number of para-hydroxylation sites is 1. The van der Waals surface area contributed by atoms with Gasteiger partial charge in [-0.25, -0.2) is 0 Å². The van der Waals surface area contributed by atoms with E-state index in [1.54, 1.807) is 0 Å². The number of pyridine rings is 1. The summed E-state index contributed by atoms with van der Waals surface area (Å²) in [5.74, 6) is -0.0901. The number of fused-ring (bicyclic) bond motifs is 1. The molecule has 1 aromatic carbocycles. The molecular formula is C18H20ClN3O. The quantitative estimate of drug-likeness (QED) is 0.749. The van der Waals surface area contributed by atoms with Crippen molar-refractivity contribution in [3.8, 4) is 0 Å². The van der Waals surface area contributed by atoms with Gasteiger partial charge in [-0.1, -0.05) is 31.2 Å². The molecule has 5 heteroatoms. The van der Waals surface area contributed by atoms with Gasteiger partial charge in [-0.05, 0) is 36.4 Å². The Balaban J connectivity index is 0.00000192. The van der Waals surface area contributed by atoms with Crippen LogP contribution in [0, 0.1) is 0 Å². The minimum absolute atomic E-state index is 0. The average molecular weight is 330 g/mol. The van der Waals surface area contributed by atoms with E-state index >= 15 is 0 Å². The molecule has 0 spiro atoms. The molecule has 3 rings (SSSR count). The van der Waals surface area contributed by atoms with Crippen molar-refractivity contribution in [2.24, 2.45) is 0 Å². The van der Waals surface area contributed by atoms with Gasteiger partial charge in [0.25, 0.3) is 5.91 Å². The van der Waals surface area contributed by atoms with Crippen LogP contribution in [0.5, 0.6) is 0 Å². The number of amides is 1. The Morgan fingerprint density at radius 3 is 2.70 bits per heavy atom. The Morgan fingerprint density at radius 2 is 1.91 bits per heavy atom. The third-order valence-corrected chi connectivity index (χ3v) is 3.60. The predicted octanol–water partition coefficient (Wildman–Crippen LogP) is 3.72. The SMILES string of the molecule is CCNCc1ccccc1NC(=O)c1cc2ccccn2c1.Cl. The van der Waals surface area contributed by atoms with E-state index in [2.05, 4.69) is 17.6 Å². The zero-order chi connectivity index (χ0) is 15.4. The molecular weight excluding hydrogens is 310 g/mol. The third-order valence-electron chi connectivity index (χ3n) is 3.60. The average Bonchev–Trinajstić information content (AvgIpc) is 2.98. The maximum atomic E-state index is 12.5. The highest BCUT2D eigenvalue weighted by Crippen LogP contribution is 2.17. The molecule has 1 amide bonds. The van der Waals surface area contributed by atoms with Gasteiger partial charge < -0.3 is 15.0 Å². The minimum atomic E-state index is -0.0901. The molecule has 0 aliphatic carbocycles. The van der Waals surface area contributed by atoms with Crippen LogP contribution in [0.2, 0.25) is 0 Å². The van der Waals surface area contributed by atoms with Crippen molar-refractivity contribution in [1.82, 2.24) is 9.72 Å². The Bertz CT molecular complexity index is 765. The number of carbonyl (C=O) groups excluding carboxylic acids is 1. The summed E-state index contributed by atoms with van der Waals surface area (Å²) in [6, 6.07) is 15.6. The van der Waals surface area contributed by atoms with E-state index in [0.717, 1.165) is 29.9 Å². The van der Waals surface area contributed by atoms with E-state index in [0.29, 0.717) is 5.56 Å².